The van der Waals surface area contributed by atoms with Gasteiger partial charge in [0.15, 0.2) is 26.7 Å². The Balaban J connectivity index is 1.39. The van der Waals surface area contributed by atoms with Gasteiger partial charge >= 0.3 is 7.60 Å². The summed E-state index contributed by atoms with van der Waals surface area (Å²) < 4.78 is 45.6. The third kappa shape index (κ3) is 5.98. The van der Waals surface area contributed by atoms with E-state index >= 15 is 0 Å². The molecule has 0 radical (unpaired) electrons. The zero-order valence-electron chi connectivity index (χ0n) is 20.6. The molecule has 1 aliphatic heterocycles. The van der Waals surface area contributed by atoms with Crippen LogP contribution in [0, 0.1) is 0 Å². The van der Waals surface area contributed by atoms with E-state index in [0.717, 1.165) is 25.7 Å². The van der Waals surface area contributed by atoms with Crippen LogP contribution in [0.4, 0.5) is 5.82 Å². The Labute approximate surface area is 229 Å². The number of aromatic nitrogens is 4. The van der Waals surface area contributed by atoms with Crippen LogP contribution in [-0.4, -0.2) is 83.3 Å². The highest BCUT2D eigenvalue weighted by atomic mass is 35.5. The van der Waals surface area contributed by atoms with Crippen LogP contribution in [0.15, 0.2) is 36.5 Å². The van der Waals surface area contributed by atoms with Gasteiger partial charge in [-0.1, -0.05) is 43.2 Å². The quantitative estimate of drug-likeness (QED) is 0.176. The van der Waals surface area contributed by atoms with E-state index in [9.17, 15) is 33.0 Å². The zero-order valence-corrected chi connectivity index (χ0v) is 23.1. The van der Waals surface area contributed by atoms with Gasteiger partial charge in [-0.2, -0.15) is 15.1 Å². The van der Waals surface area contributed by atoms with E-state index in [-0.39, 0.29) is 17.0 Å². The summed E-state index contributed by atoms with van der Waals surface area (Å²) in [5, 5.41) is 29.5. The molecule has 3 heterocycles. The molecule has 0 bridgehead atoms. The molecule has 16 heteroatoms. The number of aliphatic hydroxyl groups is 2. The molecular formula is C23H29ClN5O8PS. The number of aliphatic hydroxyl groups excluding tert-OH is 2. The predicted octanol–water partition coefficient (Wildman–Crippen LogP) is 1.61. The van der Waals surface area contributed by atoms with Crippen LogP contribution in [0.25, 0.3) is 11.0 Å². The first kappa shape index (κ1) is 28.4. The third-order valence-corrected chi connectivity index (χ3v) is 11.8. The van der Waals surface area contributed by atoms with Crippen molar-refractivity contribution in [1.29, 1.82) is 0 Å². The molecule has 0 spiro atoms. The molecule has 0 amide bonds. The van der Waals surface area contributed by atoms with Crippen LogP contribution in [0.1, 0.15) is 37.5 Å². The van der Waals surface area contributed by atoms with Crippen LogP contribution < -0.4 is 5.32 Å². The van der Waals surface area contributed by atoms with Crippen molar-refractivity contribution < 1.29 is 37.7 Å². The summed E-state index contributed by atoms with van der Waals surface area (Å²) >= 11 is 6.16. The first-order chi connectivity index (χ1) is 18.4. The highest BCUT2D eigenvalue weighted by molar-refractivity contribution is 7.98. The molecule has 1 aliphatic carbocycles. The van der Waals surface area contributed by atoms with Gasteiger partial charge in [0.2, 0.25) is 5.28 Å². The van der Waals surface area contributed by atoms with Gasteiger partial charge in [-0.25, -0.2) is 13.1 Å². The number of nitrogens with zero attached hydrogens (tertiary/aromatic N) is 4. The molecular weight excluding hydrogens is 573 g/mol. The maximum atomic E-state index is 13.2. The van der Waals surface area contributed by atoms with Crippen molar-refractivity contribution in [3.8, 4) is 0 Å². The van der Waals surface area contributed by atoms with Crippen molar-refractivity contribution in [1.82, 2.24) is 19.7 Å². The maximum absolute atomic E-state index is 13.2. The summed E-state index contributed by atoms with van der Waals surface area (Å²) in [6, 6.07) is 8.28. The van der Waals surface area contributed by atoms with Crippen molar-refractivity contribution in [2.75, 3.05) is 11.1 Å². The fourth-order valence-corrected chi connectivity index (χ4v) is 9.09. The van der Waals surface area contributed by atoms with Crippen LogP contribution >= 0.6 is 19.2 Å². The van der Waals surface area contributed by atoms with E-state index in [1.807, 2.05) is 0 Å². The fourth-order valence-electron chi connectivity index (χ4n) is 5.14. The van der Waals surface area contributed by atoms with Gasteiger partial charge < -0.3 is 30.1 Å². The minimum Gasteiger partial charge on any atom is -0.387 e. The molecule has 13 nitrogen and oxygen atoms in total. The lowest BCUT2D eigenvalue weighted by Crippen LogP contribution is -2.38. The Morgan fingerprint density at radius 1 is 1.13 bits per heavy atom. The molecule has 5 N–H and O–H groups in total. The van der Waals surface area contributed by atoms with Gasteiger partial charge in [0.05, 0.1) is 17.3 Å². The summed E-state index contributed by atoms with van der Waals surface area (Å²) in [6.45, 7) is 0. The standard InChI is InChI=1S/C23H29ClN5O8PS/c24-23-27-20(26-14-8-4-5-9-14)15-11-25-29(21(15)28-23)22-19(31)18(30)16(37-22)12-39(35,36)17(38(32,33)34)10-13-6-2-1-3-7-13/h1-3,6-7,11,14,16-19,22,30-31H,4-5,8-10,12H2,(H,26,27,28)(H2,32,33,34)/t16-,17+,18-,19-,22-/m1/s1. The number of hydrogen-bond donors (Lipinski definition) is 5. The zero-order chi connectivity index (χ0) is 27.9. The number of rotatable bonds is 9. The van der Waals surface area contributed by atoms with Crippen LogP contribution in [0.5, 0.6) is 0 Å². The average Bonchev–Trinajstić information content (AvgIpc) is 3.59. The molecule has 1 saturated heterocycles. The lowest BCUT2D eigenvalue weighted by molar-refractivity contribution is -0.0365. The fraction of sp³-hybridized carbons (Fsp3) is 0.522. The smallest absolute Gasteiger partial charge is 0.343 e. The molecule has 5 rings (SSSR count). The van der Waals surface area contributed by atoms with E-state index in [4.69, 9.17) is 16.3 Å². The monoisotopic (exact) mass is 601 g/mol. The molecule has 1 aromatic carbocycles. The molecule has 5 atom stereocenters. The van der Waals surface area contributed by atoms with Gasteiger partial charge in [-0.05, 0) is 30.0 Å². The molecule has 2 aliphatic rings. The number of sulfone groups is 1. The van der Waals surface area contributed by atoms with Crippen molar-refractivity contribution in [3.05, 3.63) is 47.4 Å². The van der Waals surface area contributed by atoms with Crippen LogP contribution in [0.3, 0.4) is 0 Å². The van der Waals surface area contributed by atoms with Gasteiger partial charge in [0.25, 0.3) is 0 Å². The first-order valence-electron chi connectivity index (χ1n) is 12.4. The Morgan fingerprint density at radius 2 is 1.82 bits per heavy atom. The second-order valence-electron chi connectivity index (χ2n) is 9.90. The number of fused-ring (bicyclic) bond motifs is 1. The number of nitrogens with one attached hydrogen (secondary N) is 1. The third-order valence-electron chi connectivity index (χ3n) is 7.14. The van der Waals surface area contributed by atoms with E-state index < -0.39 is 59.1 Å². The van der Waals surface area contributed by atoms with Crippen molar-refractivity contribution in [3.63, 3.8) is 0 Å². The second-order valence-corrected chi connectivity index (χ2v) is 14.6. The maximum Gasteiger partial charge on any atom is 0.343 e. The van der Waals surface area contributed by atoms with Crippen LogP contribution in [0.2, 0.25) is 5.28 Å². The minimum absolute atomic E-state index is 0.0812. The molecule has 2 fully saturated rings. The molecule has 39 heavy (non-hydrogen) atoms. The number of hydrogen-bond acceptors (Lipinski definition) is 10. The van der Waals surface area contributed by atoms with Gasteiger partial charge in [-0.15, -0.1) is 0 Å². The van der Waals surface area contributed by atoms with Crippen molar-refractivity contribution in [2.45, 2.75) is 67.7 Å². The van der Waals surface area contributed by atoms with E-state index in [1.165, 1.54) is 10.9 Å². The Bertz CT molecular complexity index is 1480. The molecule has 0 unspecified atom stereocenters. The minimum atomic E-state index is -5.12. The summed E-state index contributed by atoms with van der Waals surface area (Å²) in [4.78, 5) is 26.2. The number of halogens is 1. The van der Waals surface area contributed by atoms with Crippen molar-refractivity contribution in [2.24, 2.45) is 0 Å². The molecule has 1 saturated carbocycles. The highest BCUT2D eigenvalue weighted by Gasteiger charge is 2.49. The lowest BCUT2D eigenvalue weighted by atomic mass is 10.1. The highest BCUT2D eigenvalue weighted by Crippen LogP contribution is 2.47. The molecule has 3 aromatic rings. The Kier molecular flexibility index (Phi) is 8.01. The van der Waals surface area contributed by atoms with E-state index in [1.54, 1.807) is 30.3 Å². The normalized spacial score (nSPS) is 25.4. The summed E-state index contributed by atoms with van der Waals surface area (Å²) in [7, 11) is -9.64. The van der Waals surface area contributed by atoms with E-state index in [0.29, 0.717) is 16.8 Å². The van der Waals surface area contributed by atoms with Gasteiger partial charge in [0.1, 0.15) is 24.1 Å². The van der Waals surface area contributed by atoms with Crippen LogP contribution in [-0.2, 0) is 25.6 Å². The SMILES string of the molecule is O=P(O)(O)[C@H](Cc1ccccc1)S(=O)(=O)C[C@H]1O[C@@H](n2ncc3c(NC4CCCC4)nc(Cl)nc32)[C@H](O)[C@@H]1O. The van der Waals surface area contributed by atoms with E-state index in [2.05, 4.69) is 20.4 Å². The summed E-state index contributed by atoms with van der Waals surface area (Å²) in [5.74, 6) is -0.478. The Hall–Kier alpha value is -2.16. The number of anilines is 1. The topological polar surface area (TPSA) is 197 Å². The lowest BCUT2D eigenvalue weighted by Gasteiger charge is -2.22. The number of ether oxygens (including phenoxy) is 1. The molecule has 2 aromatic heterocycles. The Morgan fingerprint density at radius 3 is 2.49 bits per heavy atom. The predicted molar refractivity (Wildman–Crippen MR) is 142 cm³/mol. The molecule has 212 valence electrons. The first-order valence-corrected chi connectivity index (χ1v) is 16.2. The number of benzene rings is 1. The van der Waals surface area contributed by atoms with Gasteiger partial charge in [-0.3, -0.25) is 4.57 Å². The second kappa shape index (κ2) is 11.0. The largest absolute Gasteiger partial charge is 0.387 e. The van der Waals surface area contributed by atoms with Crippen molar-refractivity contribution >= 4 is 45.9 Å². The van der Waals surface area contributed by atoms with Gasteiger partial charge in [0, 0.05) is 12.5 Å². The average molecular weight is 602 g/mol. The summed E-state index contributed by atoms with van der Waals surface area (Å²) in [6.07, 6.45) is -0.972. The summed E-state index contributed by atoms with van der Waals surface area (Å²) in [5.41, 5.74) is 0.620.